The number of hydrogen-bond acceptors (Lipinski definition) is 0. The Hall–Kier alpha value is -0.780. The van der Waals surface area contributed by atoms with Crippen LogP contribution in [0.1, 0.15) is 23.6 Å². The van der Waals surface area contributed by atoms with Crippen LogP contribution in [0.4, 0.5) is 0 Å². The molecule has 0 amide bonds. The first kappa shape index (κ1) is 6.90. The first-order chi connectivity index (χ1) is 5.25. The molecule has 0 saturated heterocycles. The van der Waals surface area contributed by atoms with Gasteiger partial charge in [0.05, 0.1) is 0 Å². The topological polar surface area (TPSA) is 0 Å². The van der Waals surface area contributed by atoms with E-state index in [9.17, 15) is 0 Å². The van der Waals surface area contributed by atoms with Crippen LogP contribution in [-0.4, -0.2) is 0 Å². The van der Waals surface area contributed by atoms with Crippen molar-refractivity contribution in [1.29, 1.82) is 0 Å². The lowest BCUT2D eigenvalue weighted by Gasteiger charge is -1.98. The van der Waals surface area contributed by atoms with Crippen LogP contribution in [0.15, 0.2) is 18.2 Å². The highest BCUT2D eigenvalue weighted by Gasteiger charge is 2.16. The average molecular weight is 146 g/mol. The van der Waals surface area contributed by atoms with Crippen molar-refractivity contribution in [3.63, 3.8) is 0 Å². The Morgan fingerprint density at radius 1 is 1.18 bits per heavy atom. The maximum absolute atomic E-state index is 2.33. The summed E-state index contributed by atoms with van der Waals surface area (Å²) < 4.78 is 0. The molecule has 0 radical (unpaired) electrons. The lowest BCUT2D eigenvalue weighted by atomic mass is 10.1. The van der Waals surface area contributed by atoms with Crippen molar-refractivity contribution in [2.75, 3.05) is 0 Å². The molecule has 11 heavy (non-hydrogen) atoms. The van der Waals surface area contributed by atoms with Crippen molar-refractivity contribution >= 4 is 0 Å². The number of hydrogen-bond donors (Lipinski definition) is 0. The molecule has 1 aliphatic rings. The van der Waals surface area contributed by atoms with Gasteiger partial charge in [0.25, 0.3) is 0 Å². The number of aryl methyl sites for hydroxylation is 1. The molecule has 58 valence electrons. The van der Waals surface area contributed by atoms with E-state index in [0.29, 0.717) is 0 Å². The van der Waals surface area contributed by atoms with Crippen LogP contribution in [-0.2, 0) is 12.8 Å². The van der Waals surface area contributed by atoms with Gasteiger partial charge in [0.2, 0.25) is 0 Å². The van der Waals surface area contributed by atoms with Gasteiger partial charge in [0, 0.05) is 0 Å². The monoisotopic (exact) mass is 146 g/mol. The van der Waals surface area contributed by atoms with Crippen LogP contribution in [0.5, 0.6) is 0 Å². The van der Waals surface area contributed by atoms with Gasteiger partial charge in [-0.3, -0.25) is 0 Å². The minimum Gasteiger partial charge on any atom is -0.0619 e. The van der Waals surface area contributed by atoms with E-state index in [1.807, 2.05) is 0 Å². The van der Waals surface area contributed by atoms with Crippen LogP contribution in [0.3, 0.4) is 0 Å². The molecule has 0 fully saturated rings. The fraction of sp³-hybridized carbons (Fsp3) is 0.455. The highest BCUT2D eigenvalue weighted by Crippen LogP contribution is 2.26. The zero-order valence-electron chi connectivity index (χ0n) is 7.22. The summed E-state index contributed by atoms with van der Waals surface area (Å²) in [5, 5.41) is 0. The Morgan fingerprint density at radius 3 is 2.73 bits per heavy atom. The number of fused-ring (bicyclic) bond motifs is 1. The Balaban J connectivity index is 2.43. The van der Waals surface area contributed by atoms with Gasteiger partial charge in [0.1, 0.15) is 0 Å². The maximum Gasteiger partial charge on any atom is -0.0247 e. The fourth-order valence-electron chi connectivity index (χ4n) is 1.97. The van der Waals surface area contributed by atoms with Crippen LogP contribution in [0.25, 0.3) is 0 Å². The molecular formula is C11H14. The molecule has 1 aliphatic carbocycles. The van der Waals surface area contributed by atoms with Crippen LogP contribution >= 0.6 is 0 Å². The summed E-state index contributed by atoms with van der Waals surface area (Å²) in [7, 11) is 0. The van der Waals surface area contributed by atoms with E-state index in [0.717, 1.165) is 5.92 Å². The molecular weight excluding hydrogens is 132 g/mol. The number of rotatable bonds is 0. The Morgan fingerprint density at radius 2 is 1.91 bits per heavy atom. The van der Waals surface area contributed by atoms with E-state index >= 15 is 0 Å². The minimum atomic E-state index is 0.867. The molecule has 0 heterocycles. The first-order valence-corrected chi connectivity index (χ1v) is 4.34. The Labute approximate surface area is 68.3 Å². The predicted molar refractivity (Wildman–Crippen MR) is 47.8 cm³/mol. The van der Waals surface area contributed by atoms with Crippen molar-refractivity contribution in [3.8, 4) is 0 Å². The molecule has 0 aromatic heterocycles. The van der Waals surface area contributed by atoms with Gasteiger partial charge in [0.15, 0.2) is 0 Å². The summed E-state index contributed by atoms with van der Waals surface area (Å²) in [4.78, 5) is 0. The van der Waals surface area contributed by atoms with Crippen molar-refractivity contribution < 1.29 is 0 Å². The third-order valence-electron chi connectivity index (χ3n) is 2.50. The summed E-state index contributed by atoms with van der Waals surface area (Å²) in [5.41, 5.74) is 4.55. The quantitative estimate of drug-likeness (QED) is 0.528. The lowest BCUT2D eigenvalue weighted by Crippen LogP contribution is -1.89. The van der Waals surface area contributed by atoms with E-state index in [2.05, 4.69) is 32.0 Å². The van der Waals surface area contributed by atoms with Gasteiger partial charge in [-0.25, -0.2) is 0 Å². The Bertz CT molecular complexity index is 273. The SMILES string of the molecule is Cc1ccc2c(c1)C[C@@H](C)C2. The summed E-state index contributed by atoms with van der Waals surface area (Å²) >= 11 is 0. The zero-order chi connectivity index (χ0) is 7.84. The molecule has 1 aromatic carbocycles. The predicted octanol–water partition coefficient (Wildman–Crippen LogP) is 2.73. The van der Waals surface area contributed by atoms with Crippen molar-refractivity contribution in [3.05, 3.63) is 34.9 Å². The second-order valence-corrected chi connectivity index (χ2v) is 3.79. The van der Waals surface area contributed by atoms with Gasteiger partial charge < -0.3 is 0 Å². The highest BCUT2D eigenvalue weighted by molar-refractivity contribution is 5.35. The van der Waals surface area contributed by atoms with E-state index in [-0.39, 0.29) is 0 Å². The molecule has 2 rings (SSSR count). The van der Waals surface area contributed by atoms with E-state index in [4.69, 9.17) is 0 Å². The van der Waals surface area contributed by atoms with Gasteiger partial charge in [-0.15, -0.1) is 0 Å². The van der Waals surface area contributed by atoms with Crippen molar-refractivity contribution in [1.82, 2.24) is 0 Å². The molecule has 0 nitrogen and oxygen atoms in total. The van der Waals surface area contributed by atoms with E-state index in [1.54, 1.807) is 11.1 Å². The second kappa shape index (κ2) is 2.37. The Kier molecular flexibility index (Phi) is 1.49. The smallest absolute Gasteiger partial charge is 0.0247 e. The molecule has 0 unspecified atom stereocenters. The molecule has 0 saturated carbocycles. The van der Waals surface area contributed by atoms with E-state index in [1.165, 1.54) is 18.4 Å². The maximum atomic E-state index is 2.33. The first-order valence-electron chi connectivity index (χ1n) is 4.34. The molecule has 0 spiro atoms. The van der Waals surface area contributed by atoms with Gasteiger partial charge in [-0.05, 0) is 36.8 Å². The van der Waals surface area contributed by atoms with Crippen LogP contribution < -0.4 is 0 Å². The van der Waals surface area contributed by atoms with Gasteiger partial charge in [-0.2, -0.15) is 0 Å². The summed E-state index contributed by atoms with van der Waals surface area (Å²) in [6.45, 7) is 4.50. The summed E-state index contributed by atoms with van der Waals surface area (Å²) in [6.07, 6.45) is 2.58. The van der Waals surface area contributed by atoms with Gasteiger partial charge in [-0.1, -0.05) is 30.7 Å². The third kappa shape index (κ3) is 1.18. The van der Waals surface area contributed by atoms with E-state index < -0.39 is 0 Å². The number of benzene rings is 1. The fourth-order valence-corrected chi connectivity index (χ4v) is 1.97. The normalized spacial score (nSPS) is 21.8. The van der Waals surface area contributed by atoms with Gasteiger partial charge >= 0.3 is 0 Å². The molecule has 1 atom stereocenters. The molecule has 1 aromatic rings. The minimum absolute atomic E-state index is 0.867. The highest BCUT2D eigenvalue weighted by atomic mass is 14.2. The molecule has 0 aliphatic heterocycles. The molecule has 0 heteroatoms. The zero-order valence-corrected chi connectivity index (χ0v) is 7.22. The lowest BCUT2D eigenvalue weighted by molar-refractivity contribution is 0.628. The van der Waals surface area contributed by atoms with Crippen molar-refractivity contribution in [2.24, 2.45) is 5.92 Å². The summed E-state index contributed by atoms with van der Waals surface area (Å²) in [5.74, 6) is 0.867. The third-order valence-corrected chi connectivity index (χ3v) is 2.50. The summed E-state index contributed by atoms with van der Waals surface area (Å²) in [6, 6.07) is 6.84. The van der Waals surface area contributed by atoms with Crippen LogP contribution in [0.2, 0.25) is 0 Å². The average Bonchev–Trinajstić information content (AvgIpc) is 2.27. The standard InChI is InChI=1S/C11H14/c1-8-3-4-10-6-9(2)7-11(10)5-8/h3-5,9H,6-7H2,1-2H3/t9-/m0/s1. The van der Waals surface area contributed by atoms with Crippen LogP contribution in [0, 0.1) is 12.8 Å². The largest absolute Gasteiger partial charge is 0.0619 e. The second-order valence-electron chi connectivity index (χ2n) is 3.79. The molecule has 0 bridgehead atoms. The molecule has 0 N–H and O–H groups in total. The van der Waals surface area contributed by atoms with Crippen molar-refractivity contribution in [2.45, 2.75) is 26.7 Å².